The van der Waals surface area contributed by atoms with E-state index in [0.717, 1.165) is 0 Å². The molecule has 20 heteroatoms. The molecule has 5 fully saturated rings. The molecule has 20 nitrogen and oxygen atoms in total. The first kappa shape index (κ1) is 41.5. The van der Waals surface area contributed by atoms with Gasteiger partial charge in [0.05, 0.1) is 43.5 Å². The van der Waals surface area contributed by atoms with Gasteiger partial charge in [-0.25, -0.2) is 0 Å². The van der Waals surface area contributed by atoms with Crippen LogP contribution in [0.3, 0.4) is 0 Å². The summed E-state index contributed by atoms with van der Waals surface area (Å²) in [7, 11) is 0. The molecule has 0 spiro atoms. The highest BCUT2D eigenvalue weighted by molar-refractivity contribution is 5.67. The third-order valence-corrected chi connectivity index (χ3v) is 11.6. The molecule has 4 unspecified atom stereocenters. The second-order valence-corrected chi connectivity index (χ2v) is 15.4. The van der Waals surface area contributed by atoms with E-state index in [2.05, 4.69) is 0 Å². The molecule has 0 aromatic rings. The summed E-state index contributed by atoms with van der Waals surface area (Å²) in [6.45, 7) is 4.07. The first-order valence-electron chi connectivity index (χ1n) is 18.0. The van der Waals surface area contributed by atoms with Gasteiger partial charge in [0.25, 0.3) is 0 Å². The van der Waals surface area contributed by atoms with Gasteiger partial charge in [0.1, 0.15) is 60.0 Å². The monoisotopic (exact) mass is 780 g/mol. The van der Waals surface area contributed by atoms with Crippen LogP contribution in [0.25, 0.3) is 0 Å². The minimum atomic E-state index is -1.85. The van der Waals surface area contributed by atoms with Crippen molar-refractivity contribution >= 4 is 11.9 Å². The van der Waals surface area contributed by atoms with E-state index in [1.54, 1.807) is 19.9 Å². The number of esters is 2. The highest BCUT2D eigenvalue weighted by Gasteiger charge is 2.63. The molecule has 21 atom stereocenters. The smallest absolute Gasteiger partial charge is 0.303 e. The number of hydrogen-bond donors (Lipinski definition) is 9. The number of fused-ring (bicyclic) bond motifs is 2. The van der Waals surface area contributed by atoms with Crippen molar-refractivity contribution in [1.29, 1.82) is 0 Å². The number of carbonyl (C=O) groups is 2. The maximum atomic E-state index is 12.2. The predicted molar refractivity (Wildman–Crippen MR) is 171 cm³/mol. The first-order chi connectivity index (χ1) is 25.4. The van der Waals surface area contributed by atoms with Gasteiger partial charge < -0.3 is 88.6 Å². The quantitative estimate of drug-likeness (QED) is 0.0961. The Kier molecular flexibility index (Phi) is 12.3. The lowest BCUT2D eigenvalue weighted by molar-refractivity contribution is -0.406. The zero-order valence-electron chi connectivity index (χ0n) is 30.2. The van der Waals surface area contributed by atoms with Crippen molar-refractivity contribution in [3.05, 3.63) is 12.3 Å². The van der Waals surface area contributed by atoms with E-state index in [0.29, 0.717) is 0 Å². The fourth-order valence-corrected chi connectivity index (χ4v) is 9.18. The Balaban J connectivity index is 1.28. The molecule has 0 aromatic carbocycles. The zero-order chi connectivity index (χ0) is 39.4. The minimum absolute atomic E-state index is 0.0461. The Bertz CT molecular complexity index is 1370. The topological polar surface area (TPSA) is 299 Å². The van der Waals surface area contributed by atoms with E-state index in [4.69, 9.17) is 42.6 Å². The molecule has 308 valence electrons. The molecule has 0 bridgehead atoms. The van der Waals surface area contributed by atoms with Crippen molar-refractivity contribution in [1.82, 2.24) is 0 Å². The van der Waals surface area contributed by atoms with Gasteiger partial charge in [-0.05, 0) is 19.9 Å². The van der Waals surface area contributed by atoms with Crippen LogP contribution in [-0.2, 0) is 52.2 Å². The van der Waals surface area contributed by atoms with Gasteiger partial charge in [-0.3, -0.25) is 9.59 Å². The molecule has 54 heavy (non-hydrogen) atoms. The first-order valence-corrected chi connectivity index (χ1v) is 18.0. The highest BCUT2D eigenvalue weighted by atomic mass is 16.8. The van der Waals surface area contributed by atoms with Crippen LogP contribution in [0.15, 0.2) is 12.3 Å². The Morgan fingerprint density at radius 1 is 0.667 bits per heavy atom. The molecule has 3 saturated heterocycles. The van der Waals surface area contributed by atoms with Gasteiger partial charge in [-0.2, -0.15) is 0 Å². The second-order valence-electron chi connectivity index (χ2n) is 15.4. The summed E-state index contributed by atoms with van der Waals surface area (Å²) in [5.41, 5.74) is -2.67. The number of carbonyl (C=O) groups excluding carboxylic acids is 2. The van der Waals surface area contributed by atoms with Gasteiger partial charge in [0, 0.05) is 44.9 Å². The SMILES string of the molecule is CC(=O)O[C@@]1(C)C[C@H](O)C2C=CO[C@H](O[C@@H]3O[C@H](CO)[C@@H](O)[C@H](O)[C@@H]3O[C@H]3CC4C([C@H](O[C@H]5O[C@H](CO)[C@@H](O)[C@H](O)[C@H]5O)O3)[C@@](C)(OC(C)=O)C[C@@H]4O)C21. The van der Waals surface area contributed by atoms with E-state index in [1.807, 2.05) is 0 Å². The molecular weight excluding hydrogens is 728 g/mol. The molecular formula is C34H52O20. The van der Waals surface area contributed by atoms with E-state index < -0.39 is 153 Å². The van der Waals surface area contributed by atoms with Crippen LogP contribution in [0, 0.1) is 23.7 Å². The van der Waals surface area contributed by atoms with Gasteiger partial charge in [-0.1, -0.05) is 0 Å². The number of hydrogen-bond acceptors (Lipinski definition) is 20. The summed E-state index contributed by atoms with van der Waals surface area (Å²) >= 11 is 0. The third-order valence-electron chi connectivity index (χ3n) is 11.6. The maximum Gasteiger partial charge on any atom is 0.303 e. The summed E-state index contributed by atoms with van der Waals surface area (Å²) < 4.78 is 53.3. The molecule has 0 amide bonds. The summed E-state index contributed by atoms with van der Waals surface area (Å²) in [6.07, 6.45) is -20.0. The van der Waals surface area contributed by atoms with Crippen LogP contribution in [0.5, 0.6) is 0 Å². The second kappa shape index (κ2) is 16.0. The van der Waals surface area contributed by atoms with Crippen molar-refractivity contribution in [2.24, 2.45) is 23.7 Å². The van der Waals surface area contributed by atoms with Crippen LogP contribution in [0.4, 0.5) is 0 Å². The molecule has 0 radical (unpaired) electrons. The van der Waals surface area contributed by atoms with Crippen molar-refractivity contribution in [2.75, 3.05) is 13.2 Å². The fraction of sp³-hybridized carbons (Fsp3) is 0.882. The Morgan fingerprint density at radius 2 is 1.22 bits per heavy atom. The largest absolute Gasteiger partial charge is 0.472 e. The lowest BCUT2D eigenvalue weighted by atomic mass is 9.82. The van der Waals surface area contributed by atoms with Crippen LogP contribution >= 0.6 is 0 Å². The molecule has 2 aliphatic carbocycles. The fourth-order valence-electron chi connectivity index (χ4n) is 9.18. The van der Waals surface area contributed by atoms with Gasteiger partial charge in [0.15, 0.2) is 25.2 Å². The number of ether oxygens (including phenoxy) is 9. The number of aliphatic hydroxyl groups is 9. The molecule has 4 aliphatic heterocycles. The van der Waals surface area contributed by atoms with E-state index in [1.165, 1.54) is 20.1 Å². The number of rotatable bonds is 10. The molecule has 4 heterocycles. The van der Waals surface area contributed by atoms with Gasteiger partial charge in [-0.15, -0.1) is 0 Å². The van der Waals surface area contributed by atoms with Crippen molar-refractivity contribution < 1.29 is 98.2 Å². The van der Waals surface area contributed by atoms with Gasteiger partial charge >= 0.3 is 11.9 Å². The molecule has 2 saturated carbocycles. The van der Waals surface area contributed by atoms with Crippen LogP contribution < -0.4 is 0 Å². The lowest BCUT2D eigenvalue weighted by Gasteiger charge is -2.49. The average Bonchev–Trinajstić information content (AvgIpc) is 3.50. The third kappa shape index (κ3) is 7.77. The zero-order valence-corrected chi connectivity index (χ0v) is 30.2. The van der Waals surface area contributed by atoms with E-state index in [9.17, 15) is 55.5 Å². The van der Waals surface area contributed by atoms with Crippen molar-refractivity contribution in [3.63, 3.8) is 0 Å². The van der Waals surface area contributed by atoms with Crippen molar-refractivity contribution in [2.45, 2.75) is 151 Å². The Hall–Kier alpha value is -2.12. The predicted octanol–water partition coefficient (Wildman–Crippen LogP) is -3.78. The molecule has 0 aromatic heterocycles. The summed E-state index contributed by atoms with van der Waals surface area (Å²) in [5.74, 6) is -4.41. The highest BCUT2D eigenvalue weighted by Crippen LogP contribution is 2.52. The average molecular weight is 781 g/mol. The standard InChI is InChI=1S/C34H52O20/c1-12(37)53-33(3)8-16(39)14-5-6-46-29(21(14)33)51-32-28(26(44)24(42)19(11-36)48-32)49-20-7-15-17(40)9-34(4,54-13(2)38)22(15)30(50-20)52-31-27(45)25(43)23(41)18(10-35)47-31/h5-6,14-32,35-36,39-45H,7-11H2,1-4H3/t14?,15?,16-,17-,18+,19+,20+,21?,22?,23+,24+,25-,26-,27+,28-,29+,30-,31+,32-,33-,34-/m0/s1. The normalized spacial score (nSPS) is 51.5. The summed E-state index contributed by atoms with van der Waals surface area (Å²) in [6, 6.07) is 0. The lowest BCUT2D eigenvalue weighted by Crippen LogP contribution is -2.63. The maximum absolute atomic E-state index is 12.2. The Labute approximate surface area is 310 Å². The van der Waals surface area contributed by atoms with Gasteiger partial charge in [0.2, 0.25) is 6.29 Å². The molecule has 6 aliphatic rings. The Morgan fingerprint density at radius 3 is 1.83 bits per heavy atom. The summed E-state index contributed by atoms with van der Waals surface area (Å²) in [4.78, 5) is 24.3. The van der Waals surface area contributed by atoms with E-state index >= 15 is 0 Å². The van der Waals surface area contributed by atoms with Crippen molar-refractivity contribution in [3.8, 4) is 0 Å². The van der Waals surface area contributed by atoms with Crippen LogP contribution in [0.1, 0.15) is 47.0 Å². The number of aliphatic hydroxyl groups excluding tert-OH is 9. The summed E-state index contributed by atoms with van der Waals surface area (Å²) in [5, 5.41) is 95.7. The molecule has 6 rings (SSSR count). The molecule has 9 N–H and O–H groups in total. The minimum Gasteiger partial charge on any atom is -0.472 e. The van der Waals surface area contributed by atoms with Crippen LogP contribution in [0.2, 0.25) is 0 Å². The van der Waals surface area contributed by atoms with E-state index in [-0.39, 0.29) is 19.3 Å². The van der Waals surface area contributed by atoms with Crippen LogP contribution in [-0.4, -0.2) is 175 Å².